The number of hydrogen-bond acceptors (Lipinski definition) is 6. The van der Waals surface area contributed by atoms with E-state index in [0.717, 1.165) is 6.42 Å². The second-order valence-corrected chi connectivity index (χ2v) is 9.61. The quantitative estimate of drug-likeness (QED) is 0.553. The van der Waals surface area contributed by atoms with Crippen molar-refractivity contribution in [3.05, 3.63) is 31.3 Å². The van der Waals surface area contributed by atoms with Crippen LogP contribution in [0.2, 0.25) is 0 Å². The Kier molecular flexibility index (Phi) is 6.16. The summed E-state index contributed by atoms with van der Waals surface area (Å²) in [5.74, 6) is 0.264. The highest BCUT2D eigenvalue weighted by atomic mass is 32.1. The minimum absolute atomic E-state index is 0.115. The molecule has 2 aromatic rings. The molecule has 8 nitrogen and oxygen atoms in total. The summed E-state index contributed by atoms with van der Waals surface area (Å²) >= 11 is 1.22. The molecular formula is C20H27FN4O4S. The van der Waals surface area contributed by atoms with E-state index in [-0.39, 0.29) is 30.5 Å². The SMILES string of the molecule is Cc1c(/C=N/NC(=O)OC(C)(C)C)sc2c1c(=O)n([C@H]1C[C@@H]1C)c(=O)n2CCCF. The molecule has 0 aliphatic heterocycles. The topological polar surface area (TPSA) is 94.7 Å². The highest BCUT2D eigenvalue weighted by molar-refractivity contribution is 7.20. The molecular weight excluding hydrogens is 411 g/mol. The minimum Gasteiger partial charge on any atom is -0.443 e. The maximum Gasteiger partial charge on any atom is 0.428 e. The number of fused-ring (bicyclic) bond motifs is 1. The number of nitrogens with one attached hydrogen (secondary N) is 1. The third kappa shape index (κ3) is 4.48. The maximum absolute atomic E-state index is 13.1. The fourth-order valence-electron chi connectivity index (χ4n) is 3.32. The highest BCUT2D eigenvalue weighted by Gasteiger charge is 2.38. The number of amides is 1. The third-order valence-corrected chi connectivity index (χ3v) is 6.18. The molecule has 1 fully saturated rings. The number of carbonyl (C=O) groups is 1. The van der Waals surface area contributed by atoms with Crippen molar-refractivity contribution in [1.82, 2.24) is 14.6 Å². The van der Waals surface area contributed by atoms with Crippen LogP contribution in [0.3, 0.4) is 0 Å². The van der Waals surface area contributed by atoms with E-state index < -0.39 is 24.1 Å². The number of carbonyl (C=O) groups excluding carboxylic acids is 1. The van der Waals surface area contributed by atoms with Crippen molar-refractivity contribution in [2.75, 3.05) is 6.67 Å². The van der Waals surface area contributed by atoms with Gasteiger partial charge in [-0.3, -0.25) is 18.3 Å². The molecule has 2 atom stereocenters. The number of aryl methyl sites for hydroxylation is 2. The maximum atomic E-state index is 13.1. The van der Waals surface area contributed by atoms with Gasteiger partial charge in [0.1, 0.15) is 10.4 Å². The third-order valence-electron chi connectivity index (χ3n) is 4.93. The van der Waals surface area contributed by atoms with E-state index in [1.54, 1.807) is 27.7 Å². The summed E-state index contributed by atoms with van der Waals surface area (Å²) in [5, 5.41) is 4.35. The monoisotopic (exact) mass is 438 g/mol. The summed E-state index contributed by atoms with van der Waals surface area (Å²) in [4.78, 5) is 39.0. The average molecular weight is 439 g/mol. The Labute approximate surface area is 177 Å². The zero-order chi connectivity index (χ0) is 22.2. The zero-order valence-corrected chi connectivity index (χ0v) is 18.6. The van der Waals surface area contributed by atoms with Gasteiger partial charge in [0.15, 0.2) is 0 Å². The standard InChI is InChI=1S/C20H27FN4O4S/c1-11-9-13(11)25-16(26)15-12(2)14(10-22-23-18(27)29-20(3,4)5)30-17(15)24(19(25)28)8-6-7-21/h10-11,13H,6-9H2,1-5H3,(H,23,27)/b22-10+/t11-,13-/m0/s1. The van der Waals surface area contributed by atoms with Crippen LogP contribution in [-0.4, -0.2) is 33.7 Å². The van der Waals surface area contributed by atoms with Gasteiger partial charge in [-0.25, -0.2) is 15.0 Å². The van der Waals surface area contributed by atoms with E-state index in [9.17, 15) is 18.8 Å². The summed E-state index contributed by atoms with van der Waals surface area (Å²) in [5.41, 5.74) is 1.60. The predicted molar refractivity (Wildman–Crippen MR) is 115 cm³/mol. The summed E-state index contributed by atoms with van der Waals surface area (Å²) in [6, 6.07) is -0.115. The molecule has 0 saturated heterocycles. The average Bonchev–Trinajstić information content (AvgIpc) is 3.24. The number of nitrogens with zero attached hydrogens (tertiary/aromatic N) is 3. The van der Waals surface area contributed by atoms with Gasteiger partial charge in [-0.1, -0.05) is 6.92 Å². The molecule has 1 N–H and O–H groups in total. The molecule has 1 saturated carbocycles. The lowest BCUT2D eigenvalue weighted by Gasteiger charge is -2.18. The Morgan fingerprint density at radius 2 is 2.07 bits per heavy atom. The molecule has 1 aliphatic rings. The van der Waals surface area contributed by atoms with Crippen molar-refractivity contribution < 1.29 is 13.9 Å². The van der Waals surface area contributed by atoms with Gasteiger partial charge in [0.25, 0.3) is 5.56 Å². The number of aromatic nitrogens is 2. The first-order chi connectivity index (χ1) is 14.0. The molecule has 10 heteroatoms. The van der Waals surface area contributed by atoms with Gasteiger partial charge in [0.05, 0.1) is 23.2 Å². The largest absolute Gasteiger partial charge is 0.443 e. The zero-order valence-electron chi connectivity index (χ0n) is 17.8. The molecule has 2 heterocycles. The van der Waals surface area contributed by atoms with Crippen molar-refractivity contribution in [2.24, 2.45) is 11.0 Å². The molecule has 0 unspecified atom stereocenters. The number of hydrogen-bond donors (Lipinski definition) is 1. The van der Waals surface area contributed by atoms with E-state index in [1.165, 1.54) is 26.7 Å². The van der Waals surface area contributed by atoms with Gasteiger partial charge in [0.2, 0.25) is 0 Å². The fourth-order valence-corrected chi connectivity index (χ4v) is 4.51. The van der Waals surface area contributed by atoms with E-state index in [2.05, 4.69) is 10.5 Å². The van der Waals surface area contributed by atoms with Crippen molar-refractivity contribution in [3.8, 4) is 0 Å². The van der Waals surface area contributed by atoms with Gasteiger partial charge in [-0.2, -0.15) is 5.10 Å². The van der Waals surface area contributed by atoms with Crippen molar-refractivity contribution in [1.29, 1.82) is 0 Å². The molecule has 1 amide bonds. The molecule has 0 bridgehead atoms. The first-order valence-electron chi connectivity index (χ1n) is 9.91. The number of alkyl halides is 1. The number of halogens is 1. The van der Waals surface area contributed by atoms with Crippen LogP contribution in [0.4, 0.5) is 9.18 Å². The van der Waals surface area contributed by atoms with Gasteiger partial charge in [-0.05, 0) is 52.0 Å². The molecule has 0 radical (unpaired) electrons. The summed E-state index contributed by atoms with van der Waals surface area (Å²) < 4.78 is 20.7. The van der Waals surface area contributed by atoms with E-state index in [1.807, 2.05) is 6.92 Å². The van der Waals surface area contributed by atoms with Crippen LogP contribution in [0.5, 0.6) is 0 Å². The first kappa shape index (κ1) is 22.2. The van der Waals surface area contributed by atoms with Crippen LogP contribution < -0.4 is 16.7 Å². The molecule has 0 spiro atoms. The lowest BCUT2D eigenvalue weighted by atomic mass is 10.2. The second-order valence-electron chi connectivity index (χ2n) is 8.58. The van der Waals surface area contributed by atoms with E-state index in [0.29, 0.717) is 20.7 Å². The first-order valence-corrected chi connectivity index (χ1v) is 10.7. The van der Waals surface area contributed by atoms with Gasteiger partial charge in [0, 0.05) is 12.6 Å². The van der Waals surface area contributed by atoms with Crippen LogP contribution in [0.15, 0.2) is 14.7 Å². The minimum atomic E-state index is -0.692. The Balaban J connectivity index is 2.02. The summed E-state index contributed by atoms with van der Waals surface area (Å²) in [6.45, 7) is 8.65. The van der Waals surface area contributed by atoms with E-state index in [4.69, 9.17) is 4.74 Å². The lowest BCUT2D eigenvalue weighted by Crippen LogP contribution is -2.39. The highest BCUT2D eigenvalue weighted by Crippen LogP contribution is 2.41. The Morgan fingerprint density at radius 3 is 2.63 bits per heavy atom. The lowest BCUT2D eigenvalue weighted by molar-refractivity contribution is 0.0529. The summed E-state index contributed by atoms with van der Waals surface area (Å²) in [6.07, 6.45) is 1.70. The van der Waals surface area contributed by atoms with Crippen LogP contribution in [-0.2, 0) is 11.3 Å². The van der Waals surface area contributed by atoms with Crippen LogP contribution in [0.1, 0.15) is 57.0 Å². The van der Waals surface area contributed by atoms with Crippen molar-refractivity contribution >= 4 is 33.9 Å². The number of hydrazone groups is 1. The normalized spacial score (nSPS) is 18.9. The molecule has 3 rings (SSSR count). The second kappa shape index (κ2) is 8.33. The Hall–Kier alpha value is -2.49. The molecule has 30 heavy (non-hydrogen) atoms. The van der Waals surface area contributed by atoms with Crippen LogP contribution >= 0.6 is 11.3 Å². The Morgan fingerprint density at radius 1 is 1.40 bits per heavy atom. The van der Waals surface area contributed by atoms with Gasteiger partial charge >= 0.3 is 11.8 Å². The van der Waals surface area contributed by atoms with E-state index >= 15 is 0 Å². The molecule has 1 aliphatic carbocycles. The van der Waals surface area contributed by atoms with Gasteiger partial charge < -0.3 is 4.74 Å². The van der Waals surface area contributed by atoms with Crippen molar-refractivity contribution in [2.45, 2.75) is 65.6 Å². The molecule has 2 aromatic heterocycles. The molecule has 164 valence electrons. The van der Waals surface area contributed by atoms with Crippen molar-refractivity contribution in [3.63, 3.8) is 0 Å². The van der Waals surface area contributed by atoms with Crippen LogP contribution in [0, 0.1) is 12.8 Å². The summed E-state index contributed by atoms with van der Waals surface area (Å²) in [7, 11) is 0. The molecule has 0 aromatic carbocycles. The predicted octanol–water partition coefficient (Wildman–Crippen LogP) is 3.33. The Bertz CT molecular complexity index is 1110. The number of rotatable bonds is 6. The fraction of sp³-hybridized carbons (Fsp3) is 0.600. The van der Waals surface area contributed by atoms with Crippen LogP contribution in [0.25, 0.3) is 10.2 Å². The number of ether oxygens (including phenoxy) is 1. The number of thiophene rings is 1. The smallest absolute Gasteiger partial charge is 0.428 e. The van der Waals surface area contributed by atoms with Gasteiger partial charge in [-0.15, -0.1) is 11.3 Å².